The van der Waals surface area contributed by atoms with Gasteiger partial charge >= 0.3 is 0 Å². The van der Waals surface area contributed by atoms with Gasteiger partial charge < -0.3 is 25.4 Å². The number of ether oxygens (including phenoxy) is 2. The number of hydrogen-bond acceptors (Lipinski definition) is 5. The first-order valence-electron chi connectivity index (χ1n) is 10.6. The first kappa shape index (κ1) is 22.6. The number of benzene rings is 2. The van der Waals surface area contributed by atoms with Crippen LogP contribution in [-0.4, -0.2) is 43.2 Å². The van der Waals surface area contributed by atoms with Gasteiger partial charge in [-0.2, -0.15) is 0 Å². The molecule has 2 aromatic carbocycles. The molecule has 4 rings (SSSR count). The Balaban J connectivity index is 1.17. The summed E-state index contributed by atoms with van der Waals surface area (Å²) in [6.07, 6.45) is 2.58. The van der Waals surface area contributed by atoms with Crippen molar-refractivity contribution in [2.45, 2.75) is 43.9 Å². The number of fused-ring (bicyclic) bond motifs is 1. The second-order valence-electron chi connectivity index (χ2n) is 8.00. The van der Waals surface area contributed by atoms with E-state index in [2.05, 4.69) is 16.0 Å². The Hall–Kier alpha value is -2.64. The molecule has 32 heavy (non-hydrogen) atoms. The lowest BCUT2D eigenvalue weighted by Crippen LogP contribution is -2.50. The predicted molar refractivity (Wildman–Crippen MR) is 124 cm³/mol. The van der Waals surface area contributed by atoms with Gasteiger partial charge in [0.1, 0.15) is 11.5 Å². The van der Waals surface area contributed by atoms with Gasteiger partial charge in [-0.15, -0.1) is 0 Å². The van der Waals surface area contributed by atoms with Crippen LogP contribution in [0.1, 0.15) is 25.7 Å². The summed E-state index contributed by atoms with van der Waals surface area (Å²) in [5.41, 5.74) is 0.790. The van der Waals surface area contributed by atoms with Crippen LogP contribution in [0, 0.1) is 0 Å². The van der Waals surface area contributed by atoms with Gasteiger partial charge in [-0.05, 0) is 68.1 Å². The Labute approximate surface area is 196 Å². The van der Waals surface area contributed by atoms with Gasteiger partial charge in [-0.1, -0.05) is 23.2 Å². The van der Waals surface area contributed by atoms with Crippen molar-refractivity contribution in [2.75, 3.05) is 18.5 Å². The maximum atomic E-state index is 12.6. The highest BCUT2D eigenvalue weighted by atomic mass is 35.5. The van der Waals surface area contributed by atoms with E-state index >= 15 is 0 Å². The van der Waals surface area contributed by atoms with Gasteiger partial charge in [0, 0.05) is 22.1 Å². The smallest absolute Gasteiger partial charge is 0.263 e. The molecule has 9 heteroatoms. The molecule has 1 aliphatic heterocycles. The minimum Gasteiger partial charge on any atom is -0.484 e. The van der Waals surface area contributed by atoms with Crippen LogP contribution in [0.4, 0.5) is 5.69 Å². The predicted octanol–water partition coefficient (Wildman–Crippen LogP) is 3.79. The fourth-order valence-electron chi connectivity index (χ4n) is 3.91. The SMILES string of the molecule is O=C(COc1ccc(Cl)cc1)N[C@H]1CC[C@H](NC(=O)[C@H]2CNc3cc(Cl)ccc3O2)CC1. The summed E-state index contributed by atoms with van der Waals surface area (Å²) in [7, 11) is 0. The lowest BCUT2D eigenvalue weighted by molar-refractivity contribution is -0.129. The second kappa shape index (κ2) is 10.3. The molecule has 0 spiro atoms. The van der Waals surface area contributed by atoms with Crippen molar-refractivity contribution in [3.63, 3.8) is 0 Å². The molecular formula is C23H25Cl2N3O4. The average molecular weight is 478 g/mol. The first-order valence-corrected chi connectivity index (χ1v) is 11.4. The first-order chi connectivity index (χ1) is 15.5. The molecule has 1 atom stereocenters. The molecule has 7 nitrogen and oxygen atoms in total. The van der Waals surface area contributed by atoms with Gasteiger partial charge in [0.05, 0.1) is 12.2 Å². The largest absolute Gasteiger partial charge is 0.484 e. The molecule has 3 N–H and O–H groups in total. The van der Waals surface area contributed by atoms with Crippen LogP contribution < -0.4 is 25.4 Å². The van der Waals surface area contributed by atoms with Gasteiger partial charge in [-0.3, -0.25) is 9.59 Å². The van der Waals surface area contributed by atoms with Crippen LogP contribution in [0.5, 0.6) is 11.5 Å². The summed E-state index contributed by atoms with van der Waals surface area (Å²) in [5, 5.41) is 10.5. The molecule has 0 bridgehead atoms. The Kier molecular flexibility index (Phi) is 7.27. The molecule has 1 fully saturated rings. The zero-order valence-electron chi connectivity index (χ0n) is 17.4. The van der Waals surface area contributed by atoms with Gasteiger partial charge in [0.2, 0.25) is 0 Å². The van der Waals surface area contributed by atoms with Crippen molar-refractivity contribution < 1.29 is 19.1 Å². The summed E-state index contributed by atoms with van der Waals surface area (Å²) >= 11 is 11.8. The Morgan fingerprint density at radius 1 is 0.969 bits per heavy atom. The highest BCUT2D eigenvalue weighted by molar-refractivity contribution is 6.31. The lowest BCUT2D eigenvalue weighted by Gasteiger charge is -2.32. The van der Waals surface area contributed by atoms with Crippen LogP contribution in [-0.2, 0) is 9.59 Å². The van der Waals surface area contributed by atoms with Crippen molar-refractivity contribution >= 4 is 40.7 Å². The minimum absolute atomic E-state index is 0.0446. The fourth-order valence-corrected chi connectivity index (χ4v) is 4.21. The van der Waals surface area contributed by atoms with Crippen LogP contribution in [0.3, 0.4) is 0 Å². The summed E-state index contributed by atoms with van der Waals surface area (Å²) in [5.74, 6) is 0.920. The van der Waals surface area contributed by atoms with E-state index in [1.807, 2.05) is 0 Å². The third-order valence-corrected chi connectivity index (χ3v) is 6.09. The van der Waals surface area contributed by atoms with E-state index in [9.17, 15) is 9.59 Å². The number of hydrogen-bond donors (Lipinski definition) is 3. The van der Waals surface area contributed by atoms with Crippen molar-refractivity contribution in [1.82, 2.24) is 10.6 Å². The molecule has 2 aromatic rings. The van der Waals surface area contributed by atoms with E-state index in [1.165, 1.54) is 0 Å². The third kappa shape index (κ3) is 5.99. The molecule has 0 unspecified atom stereocenters. The topological polar surface area (TPSA) is 88.7 Å². The van der Waals surface area contributed by atoms with E-state index in [0.29, 0.717) is 28.1 Å². The molecule has 1 heterocycles. The summed E-state index contributed by atoms with van der Waals surface area (Å²) in [6, 6.07) is 12.3. The summed E-state index contributed by atoms with van der Waals surface area (Å²) < 4.78 is 11.3. The zero-order chi connectivity index (χ0) is 22.5. The van der Waals surface area contributed by atoms with Crippen molar-refractivity contribution in [3.8, 4) is 11.5 Å². The molecule has 170 valence electrons. The Morgan fingerprint density at radius 3 is 2.34 bits per heavy atom. The molecular weight excluding hydrogens is 453 g/mol. The molecule has 2 aliphatic rings. The molecule has 0 aromatic heterocycles. The quantitative estimate of drug-likeness (QED) is 0.588. The van der Waals surface area contributed by atoms with E-state index in [-0.39, 0.29) is 30.5 Å². The average Bonchev–Trinajstić information content (AvgIpc) is 2.79. The number of rotatable bonds is 6. The summed E-state index contributed by atoms with van der Waals surface area (Å²) in [4.78, 5) is 24.8. The van der Waals surface area contributed by atoms with Gasteiger partial charge in [-0.25, -0.2) is 0 Å². The van der Waals surface area contributed by atoms with Crippen LogP contribution in [0.15, 0.2) is 42.5 Å². The molecule has 0 saturated heterocycles. The van der Waals surface area contributed by atoms with Gasteiger partial charge in [0.15, 0.2) is 12.7 Å². The zero-order valence-corrected chi connectivity index (χ0v) is 18.9. The maximum absolute atomic E-state index is 12.6. The van der Waals surface area contributed by atoms with E-state index in [1.54, 1.807) is 42.5 Å². The van der Waals surface area contributed by atoms with Crippen molar-refractivity contribution in [2.24, 2.45) is 0 Å². The van der Waals surface area contributed by atoms with Crippen molar-refractivity contribution in [3.05, 3.63) is 52.5 Å². The van der Waals surface area contributed by atoms with E-state index in [4.69, 9.17) is 32.7 Å². The molecule has 1 saturated carbocycles. The maximum Gasteiger partial charge on any atom is 0.263 e. The minimum atomic E-state index is -0.592. The van der Waals surface area contributed by atoms with Crippen molar-refractivity contribution in [1.29, 1.82) is 0 Å². The molecule has 0 radical (unpaired) electrons. The van der Waals surface area contributed by atoms with Crippen LogP contribution in [0.2, 0.25) is 10.0 Å². The standard InChI is InChI=1S/C23H25Cl2N3O4/c24-14-1-8-18(9-2-14)31-13-22(29)27-16-4-6-17(7-5-16)28-23(30)21-12-26-19-11-15(25)3-10-20(19)32-21/h1-3,8-11,16-17,21,26H,4-7,12-13H2,(H,27,29)(H,28,30)/t16-,17-,21-/m1/s1. The molecule has 1 aliphatic carbocycles. The monoisotopic (exact) mass is 477 g/mol. The Bertz CT molecular complexity index is 962. The number of carbonyl (C=O) groups is 2. The Morgan fingerprint density at radius 2 is 1.62 bits per heavy atom. The van der Waals surface area contributed by atoms with E-state index in [0.717, 1.165) is 31.4 Å². The fraction of sp³-hybridized carbons (Fsp3) is 0.391. The number of carbonyl (C=O) groups excluding carboxylic acids is 2. The van der Waals surface area contributed by atoms with E-state index < -0.39 is 6.10 Å². The second-order valence-corrected chi connectivity index (χ2v) is 8.87. The third-order valence-electron chi connectivity index (χ3n) is 5.60. The van der Waals surface area contributed by atoms with Gasteiger partial charge in [0.25, 0.3) is 11.8 Å². The highest BCUT2D eigenvalue weighted by Crippen LogP contribution is 2.31. The summed E-state index contributed by atoms with van der Waals surface area (Å²) in [6.45, 7) is 0.342. The number of anilines is 1. The number of halogens is 2. The normalized spacial score (nSPS) is 22.0. The van der Waals surface area contributed by atoms with Crippen LogP contribution in [0.25, 0.3) is 0 Å². The van der Waals surface area contributed by atoms with Crippen LogP contribution >= 0.6 is 23.2 Å². The number of amides is 2. The number of nitrogens with one attached hydrogen (secondary N) is 3. The molecule has 2 amide bonds. The lowest BCUT2D eigenvalue weighted by atomic mass is 9.91. The highest BCUT2D eigenvalue weighted by Gasteiger charge is 2.29.